The van der Waals surface area contributed by atoms with Crippen molar-refractivity contribution in [2.24, 2.45) is 11.8 Å². The van der Waals surface area contributed by atoms with Crippen molar-refractivity contribution in [2.75, 3.05) is 39.3 Å². The molecule has 0 spiro atoms. The SMILES string of the molecule is O=C(O)C(F)(F)F.O=C(c1ccc2[nH]ccc2c1)N1CC[C@@H]2CN(CC3CC3)CCO[C@@H]2C1. The molecule has 0 bridgehead atoms. The minimum absolute atomic E-state index is 0.134. The molecule has 2 aromatic rings. The summed E-state index contributed by atoms with van der Waals surface area (Å²) in [7, 11) is 0. The number of carboxylic acid groups (broad SMARTS) is 1. The smallest absolute Gasteiger partial charge is 0.475 e. The normalized spacial score (nSPS) is 23.9. The van der Waals surface area contributed by atoms with Crippen LogP contribution in [-0.4, -0.2) is 83.4 Å². The summed E-state index contributed by atoms with van der Waals surface area (Å²) in [5, 5.41) is 8.21. The molecule has 2 atom stereocenters. The number of carbonyl (C=O) groups is 2. The van der Waals surface area contributed by atoms with Gasteiger partial charge in [0.05, 0.1) is 12.7 Å². The fraction of sp³-hybridized carbons (Fsp3) is 0.565. The van der Waals surface area contributed by atoms with E-state index in [1.165, 1.54) is 19.4 Å². The van der Waals surface area contributed by atoms with E-state index in [0.717, 1.165) is 61.6 Å². The number of carboxylic acids is 1. The first-order valence-corrected chi connectivity index (χ1v) is 11.2. The Morgan fingerprint density at radius 2 is 1.88 bits per heavy atom. The van der Waals surface area contributed by atoms with Crippen molar-refractivity contribution < 1.29 is 32.6 Å². The molecule has 33 heavy (non-hydrogen) atoms. The van der Waals surface area contributed by atoms with Crippen LogP contribution in [0, 0.1) is 11.8 Å². The molecule has 3 heterocycles. The number of ether oxygens (including phenoxy) is 1. The molecule has 3 fully saturated rings. The quantitative estimate of drug-likeness (QED) is 0.723. The average Bonchev–Trinajstić information content (AvgIpc) is 3.50. The zero-order chi connectivity index (χ0) is 23.6. The number of hydrogen-bond donors (Lipinski definition) is 2. The number of piperidine rings is 1. The Morgan fingerprint density at radius 3 is 2.58 bits per heavy atom. The Morgan fingerprint density at radius 1 is 1.12 bits per heavy atom. The molecule has 1 aromatic carbocycles. The molecule has 1 aromatic heterocycles. The Balaban J connectivity index is 0.000000325. The third-order valence-corrected chi connectivity index (χ3v) is 6.47. The number of aromatic amines is 1. The minimum atomic E-state index is -5.08. The van der Waals surface area contributed by atoms with Crippen LogP contribution in [-0.2, 0) is 9.53 Å². The minimum Gasteiger partial charge on any atom is -0.475 e. The lowest BCUT2D eigenvalue weighted by molar-refractivity contribution is -0.192. The Labute approximate surface area is 189 Å². The van der Waals surface area contributed by atoms with Crippen molar-refractivity contribution in [3.63, 3.8) is 0 Å². The van der Waals surface area contributed by atoms with Gasteiger partial charge >= 0.3 is 12.1 Å². The van der Waals surface area contributed by atoms with Crippen molar-refractivity contribution in [3.05, 3.63) is 36.0 Å². The number of aliphatic carboxylic acids is 1. The van der Waals surface area contributed by atoms with Gasteiger partial charge < -0.3 is 24.6 Å². The fourth-order valence-electron chi connectivity index (χ4n) is 4.50. The highest BCUT2D eigenvalue weighted by Gasteiger charge is 2.38. The van der Waals surface area contributed by atoms with E-state index in [2.05, 4.69) is 9.88 Å². The summed E-state index contributed by atoms with van der Waals surface area (Å²) in [4.78, 5) is 29.7. The summed E-state index contributed by atoms with van der Waals surface area (Å²) in [6.45, 7) is 5.79. The number of fused-ring (bicyclic) bond motifs is 2. The van der Waals surface area contributed by atoms with Crippen molar-refractivity contribution in [1.82, 2.24) is 14.8 Å². The molecule has 7 nitrogen and oxygen atoms in total. The molecule has 0 unspecified atom stereocenters. The highest BCUT2D eigenvalue weighted by molar-refractivity contribution is 5.98. The van der Waals surface area contributed by atoms with Crippen LogP contribution in [0.3, 0.4) is 0 Å². The third kappa shape index (κ3) is 6.05. The number of H-pyrrole nitrogens is 1. The second-order valence-electron chi connectivity index (χ2n) is 8.99. The highest BCUT2D eigenvalue weighted by Crippen LogP contribution is 2.32. The number of carbonyl (C=O) groups excluding carboxylic acids is 1. The first kappa shape index (κ1) is 23.6. The molecular weight excluding hydrogens is 439 g/mol. The maximum Gasteiger partial charge on any atom is 0.490 e. The Hall–Kier alpha value is -2.59. The molecule has 180 valence electrons. The molecule has 1 amide bonds. The lowest BCUT2D eigenvalue weighted by Gasteiger charge is -2.38. The Bertz CT molecular complexity index is 989. The summed E-state index contributed by atoms with van der Waals surface area (Å²) in [6.07, 6.45) is 0.868. The average molecular weight is 467 g/mol. The van der Waals surface area contributed by atoms with E-state index in [1.807, 2.05) is 35.4 Å². The molecule has 2 aliphatic heterocycles. The number of alkyl halides is 3. The van der Waals surface area contributed by atoms with E-state index in [1.54, 1.807) is 0 Å². The second-order valence-corrected chi connectivity index (χ2v) is 8.99. The maximum absolute atomic E-state index is 13.0. The monoisotopic (exact) mass is 467 g/mol. The first-order valence-electron chi connectivity index (χ1n) is 11.2. The van der Waals surface area contributed by atoms with Crippen LogP contribution in [0.2, 0.25) is 0 Å². The van der Waals surface area contributed by atoms with E-state index < -0.39 is 12.1 Å². The van der Waals surface area contributed by atoms with Gasteiger partial charge in [0.25, 0.3) is 5.91 Å². The number of hydrogen-bond acceptors (Lipinski definition) is 4. The van der Waals surface area contributed by atoms with Crippen LogP contribution in [0.5, 0.6) is 0 Å². The molecule has 2 saturated heterocycles. The lowest BCUT2D eigenvalue weighted by atomic mass is 9.92. The largest absolute Gasteiger partial charge is 0.490 e. The van der Waals surface area contributed by atoms with E-state index >= 15 is 0 Å². The van der Waals surface area contributed by atoms with Crippen molar-refractivity contribution in [3.8, 4) is 0 Å². The third-order valence-electron chi connectivity index (χ3n) is 6.47. The van der Waals surface area contributed by atoms with Crippen LogP contribution in [0.15, 0.2) is 30.5 Å². The van der Waals surface area contributed by atoms with Crippen LogP contribution < -0.4 is 0 Å². The number of rotatable bonds is 3. The second kappa shape index (κ2) is 9.72. The van der Waals surface area contributed by atoms with Crippen LogP contribution >= 0.6 is 0 Å². The summed E-state index contributed by atoms with van der Waals surface area (Å²) in [5.74, 6) is -1.13. The molecule has 10 heteroatoms. The number of benzene rings is 1. The molecule has 5 rings (SSSR count). The van der Waals surface area contributed by atoms with Crippen LogP contribution in [0.25, 0.3) is 10.9 Å². The standard InChI is InChI=1S/C21H27N3O2.C2HF3O2/c25-21(17-3-4-19-16(11-17)5-7-22-19)24-8-6-18-13-23(12-15-1-2-15)9-10-26-20(18)14-24;3-2(4,5)1(6)7/h3-5,7,11,15,18,20,22H,1-2,6,8-10,12-14H2;(H,6,7)/t18-,20-;/m1./s1. The van der Waals surface area contributed by atoms with Crippen LogP contribution in [0.4, 0.5) is 13.2 Å². The van der Waals surface area contributed by atoms with E-state index in [9.17, 15) is 18.0 Å². The molecule has 0 radical (unpaired) electrons. The van der Waals surface area contributed by atoms with Gasteiger partial charge in [-0.3, -0.25) is 4.79 Å². The summed E-state index contributed by atoms with van der Waals surface area (Å²) in [6, 6.07) is 7.93. The zero-order valence-electron chi connectivity index (χ0n) is 18.2. The van der Waals surface area contributed by atoms with E-state index in [4.69, 9.17) is 14.6 Å². The molecule has 1 aliphatic carbocycles. The van der Waals surface area contributed by atoms with Gasteiger partial charge in [0.2, 0.25) is 0 Å². The predicted molar refractivity (Wildman–Crippen MR) is 115 cm³/mol. The molecule has 2 N–H and O–H groups in total. The fourth-order valence-corrected chi connectivity index (χ4v) is 4.50. The predicted octanol–water partition coefficient (Wildman–Crippen LogP) is 3.37. The zero-order valence-corrected chi connectivity index (χ0v) is 18.2. The van der Waals surface area contributed by atoms with Gasteiger partial charge in [-0.15, -0.1) is 0 Å². The Kier molecular flexibility index (Phi) is 6.94. The summed E-state index contributed by atoms with van der Waals surface area (Å²) in [5.41, 5.74) is 1.85. The lowest BCUT2D eigenvalue weighted by Crippen LogP contribution is -2.49. The van der Waals surface area contributed by atoms with Crippen molar-refractivity contribution in [2.45, 2.75) is 31.5 Å². The first-order chi connectivity index (χ1) is 15.7. The van der Waals surface area contributed by atoms with Gasteiger partial charge in [-0.2, -0.15) is 13.2 Å². The van der Waals surface area contributed by atoms with Gasteiger partial charge in [0.15, 0.2) is 0 Å². The summed E-state index contributed by atoms with van der Waals surface area (Å²) < 4.78 is 37.9. The highest BCUT2D eigenvalue weighted by atomic mass is 19.4. The van der Waals surface area contributed by atoms with Gasteiger partial charge in [0.1, 0.15) is 0 Å². The van der Waals surface area contributed by atoms with E-state index in [0.29, 0.717) is 5.92 Å². The van der Waals surface area contributed by atoms with Crippen molar-refractivity contribution in [1.29, 1.82) is 0 Å². The number of aromatic nitrogens is 1. The summed E-state index contributed by atoms with van der Waals surface area (Å²) >= 11 is 0. The molecule has 1 saturated carbocycles. The number of halogens is 3. The number of nitrogens with one attached hydrogen (secondary N) is 1. The van der Waals surface area contributed by atoms with Gasteiger partial charge in [-0.25, -0.2) is 4.79 Å². The van der Waals surface area contributed by atoms with Gasteiger partial charge in [0, 0.05) is 61.3 Å². The molecular formula is C23H28F3N3O4. The number of amides is 1. The number of nitrogens with zero attached hydrogens (tertiary/aromatic N) is 2. The maximum atomic E-state index is 13.0. The molecule has 3 aliphatic rings. The topological polar surface area (TPSA) is 85.9 Å². The number of likely N-dealkylation sites (tertiary alicyclic amines) is 1. The van der Waals surface area contributed by atoms with Gasteiger partial charge in [-0.1, -0.05) is 0 Å². The van der Waals surface area contributed by atoms with Crippen molar-refractivity contribution >= 4 is 22.8 Å². The van der Waals surface area contributed by atoms with Gasteiger partial charge in [-0.05, 0) is 49.4 Å². The van der Waals surface area contributed by atoms with E-state index in [-0.39, 0.29) is 12.0 Å². The van der Waals surface area contributed by atoms with Crippen LogP contribution in [0.1, 0.15) is 29.6 Å².